The van der Waals surface area contributed by atoms with Gasteiger partial charge in [0.25, 0.3) is 5.91 Å². The molecule has 7 heteroatoms. The van der Waals surface area contributed by atoms with E-state index in [4.69, 9.17) is 4.42 Å². The van der Waals surface area contributed by atoms with Gasteiger partial charge in [0.15, 0.2) is 0 Å². The third-order valence-electron chi connectivity index (χ3n) is 5.89. The maximum Gasteiger partial charge on any atom is 0.336 e. The molecule has 1 N–H and O–H groups in total. The predicted molar refractivity (Wildman–Crippen MR) is 109 cm³/mol. The number of nitrogens with one attached hydrogen (secondary N) is 1. The van der Waals surface area contributed by atoms with Crippen molar-refractivity contribution in [3.8, 4) is 0 Å². The molecule has 2 heterocycles. The Balaban J connectivity index is 1.77. The number of hydrogen-bond acceptors (Lipinski definition) is 4. The number of nitrogens with zero attached hydrogens (tertiary/aromatic N) is 1. The monoisotopic (exact) mass is 408 g/mol. The lowest BCUT2D eigenvalue weighted by Crippen LogP contribution is -2.43. The number of rotatable bonds is 4. The van der Waals surface area contributed by atoms with Crippen molar-refractivity contribution >= 4 is 22.9 Å². The number of hydrogen-bond donors (Lipinski definition) is 1. The van der Waals surface area contributed by atoms with Gasteiger partial charge in [-0.15, -0.1) is 0 Å². The zero-order valence-corrected chi connectivity index (χ0v) is 16.9. The van der Waals surface area contributed by atoms with E-state index >= 15 is 0 Å². The molecule has 1 aliphatic rings. The zero-order chi connectivity index (χ0) is 21.6. The van der Waals surface area contributed by atoms with Crippen LogP contribution in [0.5, 0.6) is 0 Å². The van der Waals surface area contributed by atoms with Crippen molar-refractivity contribution in [2.75, 3.05) is 0 Å². The first-order valence-corrected chi connectivity index (χ1v) is 9.70. The van der Waals surface area contributed by atoms with Crippen molar-refractivity contribution in [1.82, 2.24) is 10.2 Å². The van der Waals surface area contributed by atoms with Gasteiger partial charge in [-0.2, -0.15) is 0 Å². The number of amides is 3. The third-order valence-corrected chi connectivity index (χ3v) is 5.89. The quantitative estimate of drug-likeness (QED) is 0.524. The molecule has 1 aromatic heterocycles. The number of urea groups is 1. The van der Waals surface area contributed by atoms with Crippen LogP contribution in [0, 0.1) is 19.7 Å². The van der Waals surface area contributed by atoms with Crippen molar-refractivity contribution in [1.29, 1.82) is 0 Å². The molecule has 0 saturated carbocycles. The summed E-state index contributed by atoms with van der Waals surface area (Å²) in [4.78, 5) is 39.3. The van der Waals surface area contributed by atoms with E-state index in [9.17, 15) is 18.8 Å². The van der Waals surface area contributed by atoms with E-state index in [-0.39, 0.29) is 6.54 Å². The maximum atomic E-state index is 13.4. The second-order valence-corrected chi connectivity index (χ2v) is 7.56. The average molecular weight is 408 g/mol. The van der Waals surface area contributed by atoms with Crippen molar-refractivity contribution in [2.45, 2.75) is 39.3 Å². The largest absolute Gasteiger partial charge is 0.422 e. The molecular weight excluding hydrogens is 387 g/mol. The zero-order valence-electron chi connectivity index (χ0n) is 16.9. The van der Waals surface area contributed by atoms with Gasteiger partial charge in [0.05, 0.1) is 6.54 Å². The number of carbonyl (C=O) groups is 2. The third kappa shape index (κ3) is 2.98. The van der Waals surface area contributed by atoms with Crippen LogP contribution < -0.4 is 10.9 Å². The van der Waals surface area contributed by atoms with Crippen LogP contribution in [0.2, 0.25) is 0 Å². The summed E-state index contributed by atoms with van der Waals surface area (Å²) in [5, 5.41) is 3.44. The van der Waals surface area contributed by atoms with Crippen LogP contribution in [0.3, 0.4) is 0 Å². The molecule has 0 bridgehead atoms. The lowest BCUT2D eigenvalue weighted by molar-refractivity contribution is -0.132. The summed E-state index contributed by atoms with van der Waals surface area (Å²) in [6, 6.07) is 9.99. The molecule has 3 amide bonds. The Kier molecular flexibility index (Phi) is 4.68. The highest BCUT2D eigenvalue weighted by atomic mass is 19.1. The average Bonchev–Trinajstić information content (AvgIpc) is 2.96. The van der Waals surface area contributed by atoms with Gasteiger partial charge in [-0.3, -0.25) is 9.69 Å². The highest BCUT2D eigenvalue weighted by Crippen LogP contribution is 2.34. The molecule has 0 radical (unpaired) electrons. The minimum absolute atomic E-state index is 0.0712. The van der Waals surface area contributed by atoms with Gasteiger partial charge in [-0.25, -0.2) is 14.0 Å². The van der Waals surface area contributed by atoms with E-state index in [0.29, 0.717) is 28.5 Å². The molecule has 1 saturated heterocycles. The van der Waals surface area contributed by atoms with Gasteiger partial charge in [-0.1, -0.05) is 31.2 Å². The Morgan fingerprint density at radius 3 is 2.43 bits per heavy atom. The minimum atomic E-state index is -1.27. The van der Waals surface area contributed by atoms with E-state index in [1.54, 1.807) is 6.92 Å². The van der Waals surface area contributed by atoms with Gasteiger partial charge >= 0.3 is 11.7 Å². The maximum absolute atomic E-state index is 13.4. The lowest BCUT2D eigenvalue weighted by Gasteiger charge is -2.26. The summed E-state index contributed by atoms with van der Waals surface area (Å²) >= 11 is 0. The number of imide groups is 1. The predicted octanol–water partition coefficient (Wildman–Crippen LogP) is 3.91. The lowest BCUT2D eigenvalue weighted by atomic mass is 9.87. The number of benzene rings is 2. The van der Waals surface area contributed by atoms with Crippen molar-refractivity contribution in [2.24, 2.45) is 0 Å². The second-order valence-electron chi connectivity index (χ2n) is 7.56. The number of aryl methyl sites for hydroxylation is 2. The van der Waals surface area contributed by atoms with Crippen LogP contribution in [0.1, 0.15) is 35.6 Å². The highest BCUT2D eigenvalue weighted by molar-refractivity contribution is 6.07. The molecule has 6 nitrogen and oxygen atoms in total. The minimum Gasteiger partial charge on any atom is -0.422 e. The number of halogens is 1. The highest BCUT2D eigenvalue weighted by Gasteiger charge is 2.51. The van der Waals surface area contributed by atoms with Gasteiger partial charge in [0.2, 0.25) is 0 Å². The topological polar surface area (TPSA) is 79.6 Å². The normalized spacial score (nSPS) is 18.9. The molecule has 30 heavy (non-hydrogen) atoms. The Labute approximate surface area is 172 Å². The van der Waals surface area contributed by atoms with Gasteiger partial charge in [0.1, 0.15) is 16.9 Å². The van der Waals surface area contributed by atoms with Crippen LogP contribution in [-0.4, -0.2) is 16.8 Å². The Morgan fingerprint density at radius 2 is 1.77 bits per heavy atom. The molecule has 1 unspecified atom stereocenters. The Bertz CT molecular complexity index is 1230. The summed E-state index contributed by atoms with van der Waals surface area (Å²) in [5.41, 5.74) is 1.47. The van der Waals surface area contributed by atoms with E-state index in [2.05, 4.69) is 5.32 Å². The van der Waals surface area contributed by atoms with Crippen molar-refractivity contribution in [3.05, 3.63) is 81.0 Å². The summed E-state index contributed by atoms with van der Waals surface area (Å²) < 4.78 is 18.7. The number of carbonyl (C=O) groups excluding carboxylic acids is 2. The van der Waals surface area contributed by atoms with Crippen LogP contribution in [-0.2, 0) is 16.9 Å². The SMILES string of the molecule is CCC1(c2ccc(F)cc2)NC(=O)N(Cc2cc(=O)oc3c(C)c(C)ccc23)C1=O. The fraction of sp³-hybridized carbons (Fsp3) is 0.261. The molecule has 1 aliphatic heterocycles. The van der Waals surface area contributed by atoms with Crippen LogP contribution in [0.15, 0.2) is 51.7 Å². The second kappa shape index (κ2) is 7.09. The standard InChI is InChI=1S/C23H21FN2O4/c1-4-23(16-6-8-17(24)9-7-16)21(28)26(22(29)25-23)12-15-11-19(27)30-20-14(3)13(2)5-10-18(15)20/h5-11H,4,12H2,1-3H3,(H,25,29). The van der Waals surface area contributed by atoms with Crippen LogP contribution in [0.25, 0.3) is 11.0 Å². The van der Waals surface area contributed by atoms with E-state index < -0.39 is 28.9 Å². The molecule has 1 fully saturated rings. The summed E-state index contributed by atoms with van der Waals surface area (Å²) in [6.45, 7) is 5.48. The van der Waals surface area contributed by atoms with Gasteiger partial charge in [0, 0.05) is 11.5 Å². The Hall–Kier alpha value is -3.48. The van der Waals surface area contributed by atoms with E-state index in [1.165, 1.54) is 30.3 Å². The summed E-state index contributed by atoms with van der Waals surface area (Å²) in [6.07, 6.45) is 0.301. The van der Waals surface area contributed by atoms with E-state index in [0.717, 1.165) is 16.0 Å². The van der Waals surface area contributed by atoms with Crippen LogP contribution >= 0.6 is 0 Å². The molecular formula is C23H21FN2O4. The molecule has 3 aromatic rings. The first-order chi connectivity index (χ1) is 14.3. The molecule has 2 aromatic carbocycles. The van der Waals surface area contributed by atoms with Crippen molar-refractivity contribution in [3.63, 3.8) is 0 Å². The fourth-order valence-corrected chi connectivity index (χ4v) is 3.97. The summed E-state index contributed by atoms with van der Waals surface area (Å²) in [5.74, 6) is -0.862. The first kappa shape index (κ1) is 19.8. The molecule has 1 atom stereocenters. The first-order valence-electron chi connectivity index (χ1n) is 9.70. The number of fused-ring (bicyclic) bond motifs is 1. The van der Waals surface area contributed by atoms with E-state index in [1.807, 2.05) is 26.0 Å². The molecule has 154 valence electrons. The van der Waals surface area contributed by atoms with Crippen molar-refractivity contribution < 1.29 is 18.4 Å². The Morgan fingerprint density at radius 1 is 1.07 bits per heavy atom. The molecule has 0 spiro atoms. The van der Waals surface area contributed by atoms with Crippen LogP contribution in [0.4, 0.5) is 9.18 Å². The van der Waals surface area contributed by atoms with Gasteiger partial charge in [-0.05, 0) is 54.7 Å². The van der Waals surface area contributed by atoms with Gasteiger partial charge < -0.3 is 9.73 Å². The smallest absolute Gasteiger partial charge is 0.336 e. The molecule has 4 rings (SSSR count). The fourth-order valence-electron chi connectivity index (χ4n) is 3.97. The summed E-state index contributed by atoms with van der Waals surface area (Å²) in [7, 11) is 0. The molecule has 0 aliphatic carbocycles.